The van der Waals surface area contributed by atoms with E-state index in [0.29, 0.717) is 55.0 Å². The van der Waals surface area contributed by atoms with Gasteiger partial charge in [0, 0.05) is 41.8 Å². The first-order valence-electron chi connectivity index (χ1n) is 16.6. The molecule has 6 aromatic rings. The zero-order chi connectivity index (χ0) is 38.2. The Morgan fingerprint density at radius 1 is 0.426 bits per heavy atom. The van der Waals surface area contributed by atoms with Gasteiger partial charge in [0.2, 0.25) is 0 Å². The molecule has 0 fully saturated rings. The quantitative estimate of drug-likeness (QED) is 0.144. The van der Waals surface area contributed by atoms with E-state index in [4.69, 9.17) is 18.9 Å². The summed E-state index contributed by atoms with van der Waals surface area (Å²) in [5.74, 6) is -14.2. The zero-order valence-electron chi connectivity index (χ0n) is 29.1. The first kappa shape index (κ1) is 35.8. The highest BCUT2D eigenvalue weighted by Gasteiger charge is 2.81. The monoisotopic (exact) mass is 776 g/mol. The summed E-state index contributed by atoms with van der Waals surface area (Å²) < 4.78 is 119. The van der Waals surface area contributed by atoms with E-state index < -0.39 is 34.3 Å². The number of methoxy groups -OCH3 is 4. The van der Waals surface area contributed by atoms with Crippen LogP contribution in [0.15, 0.2) is 109 Å². The molecule has 0 radical (unpaired) electrons. The molecule has 276 valence electrons. The number of hydrogen-bond acceptors (Lipinski definition) is 6. The highest BCUT2D eigenvalue weighted by Crippen LogP contribution is 2.70. The van der Waals surface area contributed by atoms with Crippen molar-refractivity contribution in [3.8, 4) is 43.9 Å². The van der Waals surface area contributed by atoms with Crippen molar-refractivity contribution < 1.29 is 45.3 Å². The van der Waals surface area contributed by atoms with Gasteiger partial charge in [0.05, 0.1) is 33.9 Å². The summed E-state index contributed by atoms with van der Waals surface area (Å²) in [6.45, 7) is 0. The summed E-state index contributed by atoms with van der Waals surface area (Å²) in [7, 11) is 5.98. The third-order valence-electron chi connectivity index (χ3n) is 10.1. The molecule has 8 rings (SSSR count). The van der Waals surface area contributed by atoms with Crippen molar-refractivity contribution in [2.24, 2.45) is 0 Å². The fourth-order valence-electron chi connectivity index (χ4n) is 7.41. The zero-order valence-corrected chi connectivity index (χ0v) is 30.7. The summed E-state index contributed by atoms with van der Waals surface area (Å²) >= 11 is 2.17. The maximum absolute atomic E-state index is 16.5. The topological polar surface area (TPSA) is 36.9 Å². The first-order valence-corrected chi connectivity index (χ1v) is 18.2. The first-order chi connectivity index (χ1) is 25.8. The highest BCUT2D eigenvalue weighted by atomic mass is 32.1. The lowest BCUT2D eigenvalue weighted by molar-refractivity contribution is -0.254. The Hall–Kier alpha value is -5.20. The van der Waals surface area contributed by atoms with Gasteiger partial charge in [-0.05, 0) is 107 Å². The Morgan fingerprint density at radius 2 is 0.722 bits per heavy atom. The minimum absolute atomic E-state index is 0.172. The van der Waals surface area contributed by atoms with Gasteiger partial charge in [-0.1, -0.05) is 24.3 Å². The van der Waals surface area contributed by atoms with Crippen molar-refractivity contribution in [2.45, 2.75) is 23.2 Å². The maximum atomic E-state index is 16.5. The molecule has 0 aliphatic heterocycles. The molecule has 12 heteroatoms. The van der Waals surface area contributed by atoms with Crippen molar-refractivity contribution in [3.63, 3.8) is 0 Å². The second-order valence-corrected chi connectivity index (χ2v) is 14.9. The minimum atomic E-state index is -5.73. The highest BCUT2D eigenvalue weighted by molar-refractivity contribution is 7.18. The summed E-state index contributed by atoms with van der Waals surface area (Å²) in [5, 5.41) is 0. The maximum Gasteiger partial charge on any atom is 0.380 e. The number of halogens is 6. The van der Waals surface area contributed by atoms with Gasteiger partial charge in [0.25, 0.3) is 0 Å². The molecule has 0 saturated heterocycles. The fourth-order valence-corrected chi connectivity index (χ4v) is 10.3. The van der Waals surface area contributed by atoms with Gasteiger partial charge in [0.15, 0.2) is 0 Å². The number of fused-ring (bicyclic) bond motifs is 4. The lowest BCUT2D eigenvalue weighted by atomic mass is 9.70. The van der Waals surface area contributed by atoms with Crippen molar-refractivity contribution in [1.82, 2.24) is 0 Å². The predicted octanol–water partition coefficient (Wildman–Crippen LogP) is 11.7. The number of alkyl halides is 6. The van der Waals surface area contributed by atoms with Crippen molar-refractivity contribution in [3.05, 3.63) is 141 Å². The van der Waals surface area contributed by atoms with E-state index in [1.165, 1.54) is 40.6 Å². The van der Waals surface area contributed by atoms with Gasteiger partial charge in [-0.15, -0.1) is 22.7 Å². The predicted molar refractivity (Wildman–Crippen MR) is 199 cm³/mol. The largest absolute Gasteiger partial charge is 0.497 e. The van der Waals surface area contributed by atoms with Crippen LogP contribution in [0.4, 0.5) is 26.3 Å². The fraction of sp³-hybridized carbons (Fsp3) is 0.190. The number of thiophene rings is 2. The van der Waals surface area contributed by atoms with Crippen LogP contribution in [0.25, 0.3) is 32.0 Å². The van der Waals surface area contributed by atoms with Gasteiger partial charge in [0.1, 0.15) is 23.0 Å². The second-order valence-electron chi connectivity index (χ2n) is 12.8. The molecular weight excluding hydrogens is 747 g/mol. The van der Waals surface area contributed by atoms with E-state index in [1.807, 2.05) is 0 Å². The van der Waals surface area contributed by atoms with Gasteiger partial charge < -0.3 is 18.9 Å². The Morgan fingerprint density at radius 3 is 1.02 bits per heavy atom. The Labute approximate surface area is 314 Å². The molecule has 0 bridgehead atoms. The number of ether oxygens (including phenoxy) is 4. The molecule has 0 saturated carbocycles. The van der Waals surface area contributed by atoms with Crippen LogP contribution in [0.3, 0.4) is 0 Å². The van der Waals surface area contributed by atoms with Crippen molar-refractivity contribution >= 4 is 33.8 Å². The number of rotatable bonds is 8. The van der Waals surface area contributed by atoms with Gasteiger partial charge in [-0.25, -0.2) is 0 Å². The van der Waals surface area contributed by atoms with Gasteiger partial charge >= 0.3 is 17.8 Å². The lowest BCUT2D eigenvalue weighted by Gasteiger charge is -2.36. The standard InChI is InChI=1S/C42H30F6O4S2/c1-49-27-13-5-23(6-14-27)33-21-31-35-36(41(45,46)42(47,48)40(35,43)44)32-22-34(24-7-15-28(50-2)16-8-24)54-38(32)39(37(31)53-33,25-9-17-29(51-3)18-10-25)26-11-19-30(52-4)20-12-26/h5-22H,1-4H3. The van der Waals surface area contributed by atoms with Crippen LogP contribution < -0.4 is 18.9 Å². The summed E-state index contributed by atoms with van der Waals surface area (Å²) in [5.41, 5.74) is -3.00. The molecule has 54 heavy (non-hydrogen) atoms. The molecule has 4 aromatic carbocycles. The second kappa shape index (κ2) is 12.7. The molecule has 4 nitrogen and oxygen atoms in total. The Bertz CT molecular complexity index is 2230. The van der Waals surface area contributed by atoms with Crippen LogP contribution in [-0.4, -0.2) is 46.2 Å². The number of hydrogen-bond donors (Lipinski definition) is 0. The normalized spacial score (nSPS) is 17.2. The van der Waals surface area contributed by atoms with E-state index in [9.17, 15) is 0 Å². The minimum Gasteiger partial charge on any atom is -0.497 e. The molecule has 2 aliphatic carbocycles. The van der Waals surface area contributed by atoms with Gasteiger partial charge in [-0.2, -0.15) is 26.3 Å². The van der Waals surface area contributed by atoms with E-state index >= 15 is 26.3 Å². The molecule has 0 amide bonds. The molecule has 2 aromatic heterocycles. The Kier molecular flexibility index (Phi) is 8.42. The third kappa shape index (κ3) is 4.95. The van der Waals surface area contributed by atoms with Crippen molar-refractivity contribution in [1.29, 1.82) is 0 Å². The van der Waals surface area contributed by atoms with E-state index in [-0.39, 0.29) is 20.9 Å². The van der Waals surface area contributed by atoms with Crippen LogP contribution in [0, 0.1) is 0 Å². The molecule has 0 spiro atoms. The van der Waals surface area contributed by atoms with E-state index in [0.717, 1.165) is 22.7 Å². The van der Waals surface area contributed by atoms with Crippen LogP contribution in [0.5, 0.6) is 23.0 Å². The summed E-state index contributed by atoms with van der Waals surface area (Å²) in [6, 6.07) is 30.0. The lowest BCUT2D eigenvalue weighted by Crippen LogP contribution is -2.49. The number of allylic oxidation sites excluding steroid dienone is 2. The molecule has 2 heterocycles. The smallest absolute Gasteiger partial charge is 0.380 e. The molecular formula is C42H30F6O4S2. The van der Waals surface area contributed by atoms with Gasteiger partial charge in [-0.3, -0.25) is 0 Å². The summed E-state index contributed by atoms with van der Waals surface area (Å²) in [4.78, 5) is 1.16. The molecule has 0 atom stereocenters. The molecule has 2 aliphatic rings. The third-order valence-corrected chi connectivity index (χ3v) is 12.8. The van der Waals surface area contributed by atoms with Crippen LogP contribution in [0.1, 0.15) is 32.0 Å². The van der Waals surface area contributed by atoms with Crippen molar-refractivity contribution in [2.75, 3.05) is 28.4 Å². The van der Waals surface area contributed by atoms with E-state index in [1.54, 1.807) is 97.1 Å². The average Bonchev–Trinajstić information content (AvgIpc) is 3.83. The van der Waals surface area contributed by atoms with E-state index in [2.05, 4.69) is 0 Å². The molecule has 0 unspecified atom stereocenters. The summed E-state index contributed by atoms with van der Waals surface area (Å²) in [6.07, 6.45) is 0. The molecule has 0 N–H and O–H groups in total. The van der Waals surface area contributed by atoms with Crippen LogP contribution in [-0.2, 0) is 5.41 Å². The Balaban J connectivity index is 1.57. The van der Waals surface area contributed by atoms with Crippen LogP contribution >= 0.6 is 22.7 Å². The average molecular weight is 777 g/mol. The number of benzene rings is 4. The van der Waals surface area contributed by atoms with Crippen LogP contribution in [0.2, 0.25) is 0 Å². The SMILES string of the molecule is COc1ccc(-c2cc3c(s2)C(c2ccc(OC)cc2)(c2ccc(OC)cc2)c2sc(-c4ccc(OC)cc4)cc2C2=C3C(F)(F)C(F)(F)C2(F)F)cc1.